The lowest BCUT2D eigenvalue weighted by Gasteiger charge is -2.51. The number of ether oxygens (including phenoxy) is 1. The van der Waals surface area contributed by atoms with Gasteiger partial charge in [-0.15, -0.1) is 0 Å². The summed E-state index contributed by atoms with van der Waals surface area (Å²) in [6, 6.07) is 13.1. The van der Waals surface area contributed by atoms with Gasteiger partial charge in [-0.05, 0) is 24.3 Å². The molecule has 1 spiro atoms. The van der Waals surface area contributed by atoms with E-state index in [2.05, 4.69) is 11.1 Å². The first-order valence-electron chi connectivity index (χ1n) is 9.86. The molecule has 2 aromatic rings. The summed E-state index contributed by atoms with van der Waals surface area (Å²) in [5, 5.41) is 17.9. The fraction of sp³-hybridized carbons (Fsp3) is 0.364. The zero-order chi connectivity index (χ0) is 20.2. The van der Waals surface area contributed by atoms with Gasteiger partial charge in [-0.25, -0.2) is 5.01 Å². The van der Waals surface area contributed by atoms with Crippen molar-refractivity contribution in [2.24, 2.45) is 5.10 Å². The van der Waals surface area contributed by atoms with Crippen LogP contribution in [-0.2, 0) is 4.79 Å². The molecule has 1 N–H and O–H groups in total. The van der Waals surface area contributed by atoms with Crippen molar-refractivity contribution in [3.8, 4) is 11.5 Å². The Morgan fingerprint density at radius 1 is 1.24 bits per heavy atom. The fourth-order valence-electron chi connectivity index (χ4n) is 4.63. The minimum absolute atomic E-state index is 0.0252. The average molecular weight is 412 g/mol. The summed E-state index contributed by atoms with van der Waals surface area (Å²) in [6.45, 7) is 2.87. The van der Waals surface area contributed by atoms with Crippen molar-refractivity contribution in [2.75, 3.05) is 13.1 Å². The second-order valence-electron chi connectivity index (χ2n) is 7.86. The van der Waals surface area contributed by atoms with Crippen molar-refractivity contribution < 1.29 is 14.6 Å². The van der Waals surface area contributed by atoms with Crippen LogP contribution in [0.15, 0.2) is 47.6 Å². The van der Waals surface area contributed by atoms with E-state index in [0.717, 1.165) is 17.0 Å². The van der Waals surface area contributed by atoms with Crippen LogP contribution >= 0.6 is 11.6 Å². The predicted molar refractivity (Wildman–Crippen MR) is 110 cm³/mol. The number of piperidine rings is 1. The van der Waals surface area contributed by atoms with Gasteiger partial charge >= 0.3 is 0 Å². The molecule has 2 aromatic carbocycles. The number of hydrogen-bond donors (Lipinski definition) is 1. The van der Waals surface area contributed by atoms with E-state index in [1.807, 2.05) is 23.1 Å². The molecule has 1 fully saturated rings. The number of benzene rings is 2. The molecule has 1 unspecified atom stereocenters. The molecule has 3 heterocycles. The highest BCUT2D eigenvalue weighted by atomic mass is 35.5. The van der Waals surface area contributed by atoms with Gasteiger partial charge in [-0.2, -0.15) is 5.10 Å². The van der Waals surface area contributed by atoms with E-state index in [0.29, 0.717) is 42.9 Å². The van der Waals surface area contributed by atoms with E-state index >= 15 is 0 Å². The third-order valence-electron chi connectivity index (χ3n) is 6.17. The van der Waals surface area contributed by atoms with E-state index in [1.165, 1.54) is 0 Å². The van der Waals surface area contributed by atoms with E-state index in [9.17, 15) is 9.90 Å². The van der Waals surface area contributed by atoms with Crippen LogP contribution in [0.1, 0.15) is 43.4 Å². The molecular formula is C22H22ClN3O3. The second-order valence-corrected chi connectivity index (χ2v) is 8.30. The number of fused-ring (bicyclic) bond motifs is 4. The number of para-hydroxylation sites is 1. The molecule has 1 amide bonds. The smallest absolute Gasteiger partial charge is 0.219 e. The van der Waals surface area contributed by atoms with Crippen molar-refractivity contribution in [3.63, 3.8) is 0 Å². The lowest BCUT2D eigenvalue weighted by Crippen LogP contribution is -2.59. The predicted octanol–water partition coefficient (Wildman–Crippen LogP) is 3.93. The van der Waals surface area contributed by atoms with Crippen molar-refractivity contribution >= 4 is 23.2 Å². The van der Waals surface area contributed by atoms with Crippen molar-refractivity contribution in [2.45, 2.75) is 38.0 Å². The standard InChI is InChI=1S/C22H22ClN3O3/c1-14(27)25-10-8-22(9-11-25)26-19(16-4-2-3-5-21(16)29-22)13-18(24-26)17-12-15(23)6-7-20(17)28/h2-7,12,19,28H,8-11,13H2,1H3. The molecule has 0 aromatic heterocycles. The summed E-state index contributed by atoms with van der Waals surface area (Å²) in [7, 11) is 0. The van der Waals surface area contributed by atoms with Gasteiger partial charge in [0.1, 0.15) is 11.5 Å². The first-order chi connectivity index (χ1) is 14.0. The normalized spacial score (nSPS) is 22.0. The molecule has 5 rings (SSSR count). The summed E-state index contributed by atoms with van der Waals surface area (Å²) in [5.74, 6) is 1.13. The second kappa shape index (κ2) is 6.66. The van der Waals surface area contributed by atoms with Crippen LogP contribution in [0.5, 0.6) is 11.5 Å². The maximum atomic E-state index is 11.8. The molecule has 6 nitrogen and oxygen atoms in total. The molecule has 1 saturated heterocycles. The number of phenolic OH excluding ortho intramolecular Hbond substituents is 1. The number of carbonyl (C=O) groups is 1. The monoisotopic (exact) mass is 411 g/mol. The number of phenols is 1. The van der Waals surface area contributed by atoms with Gasteiger partial charge in [0.15, 0.2) is 0 Å². The molecule has 7 heteroatoms. The maximum absolute atomic E-state index is 11.8. The summed E-state index contributed by atoms with van der Waals surface area (Å²) >= 11 is 6.18. The van der Waals surface area contributed by atoms with Crippen LogP contribution in [0.25, 0.3) is 0 Å². The Morgan fingerprint density at radius 2 is 2.00 bits per heavy atom. The third-order valence-corrected chi connectivity index (χ3v) is 6.40. The number of carbonyl (C=O) groups excluding carboxylic acids is 1. The largest absolute Gasteiger partial charge is 0.507 e. The van der Waals surface area contributed by atoms with Crippen LogP contribution in [0.3, 0.4) is 0 Å². The number of likely N-dealkylation sites (tertiary alicyclic amines) is 1. The zero-order valence-electron chi connectivity index (χ0n) is 16.1. The van der Waals surface area contributed by atoms with Gasteiger partial charge in [0, 0.05) is 55.4 Å². The zero-order valence-corrected chi connectivity index (χ0v) is 16.9. The number of rotatable bonds is 1. The van der Waals surface area contributed by atoms with Gasteiger partial charge in [0.05, 0.1) is 11.8 Å². The summed E-state index contributed by atoms with van der Waals surface area (Å²) in [5.41, 5.74) is 1.94. The number of hydrogen-bond acceptors (Lipinski definition) is 5. The van der Waals surface area contributed by atoms with Crippen LogP contribution < -0.4 is 4.74 Å². The van der Waals surface area contributed by atoms with E-state index < -0.39 is 5.72 Å². The van der Waals surface area contributed by atoms with E-state index in [1.54, 1.807) is 25.1 Å². The lowest BCUT2D eigenvalue weighted by atomic mass is 9.90. The number of halogens is 1. The van der Waals surface area contributed by atoms with E-state index in [4.69, 9.17) is 21.4 Å². The third kappa shape index (κ3) is 2.94. The molecule has 0 aliphatic carbocycles. The van der Waals surface area contributed by atoms with Gasteiger partial charge in [-0.3, -0.25) is 4.79 Å². The first kappa shape index (κ1) is 18.3. The van der Waals surface area contributed by atoms with Crippen molar-refractivity contribution in [1.29, 1.82) is 0 Å². The van der Waals surface area contributed by atoms with Gasteiger partial charge in [0.2, 0.25) is 11.6 Å². The van der Waals surface area contributed by atoms with Crippen LogP contribution in [0.4, 0.5) is 0 Å². The van der Waals surface area contributed by atoms with Crippen LogP contribution in [0, 0.1) is 0 Å². The molecule has 150 valence electrons. The number of hydrazone groups is 1. The average Bonchev–Trinajstić information content (AvgIpc) is 3.17. The Kier molecular flexibility index (Phi) is 4.21. The molecular weight excluding hydrogens is 390 g/mol. The number of amides is 1. The quantitative estimate of drug-likeness (QED) is 0.772. The Bertz CT molecular complexity index is 1010. The van der Waals surface area contributed by atoms with Crippen molar-refractivity contribution in [1.82, 2.24) is 9.91 Å². The number of aromatic hydroxyl groups is 1. The highest BCUT2D eigenvalue weighted by Crippen LogP contribution is 2.50. The molecule has 3 aliphatic rings. The van der Waals surface area contributed by atoms with Gasteiger partial charge < -0.3 is 14.7 Å². The Morgan fingerprint density at radius 3 is 2.76 bits per heavy atom. The minimum atomic E-state index is -0.596. The maximum Gasteiger partial charge on any atom is 0.219 e. The topological polar surface area (TPSA) is 65.4 Å². The summed E-state index contributed by atoms with van der Waals surface area (Å²) in [6.07, 6.45) is 2.01. The molecule has 1 atom stereocenters. The number of nitrogens with zero attached hydrogens (tertiary/aromatic N) is 3. The molecule has 0 radical (unpaired) electrons. The van der Waals surface area contributed by atoms with Crippen LogP contribution in [-0.4, -0.2) is 45.4 Å². The molecule has 3 aliphatic heterocycles. The van der Waals surface area contributed by atoms with E-state index in [-0.39, 0.29) is 17.7 Å². The fourth-order valence-corrected chi connectivity index (χ4v) is 4.80. The summed E-state index contributed by atoms with van der Waals surface area (Å²) < 4.78 is 6.53. The Hall–Kier alpha value is -2.73. The SMILES string of the molecule is CC(=O)N1CCC2(CC1)Oc1ccccc1C1CC(c3cc(Cl)ccc3O)=NN12. The Balaban J connectivity index is 1.56. The molecule has 29 heavy (non-hydrogen) atoms. The van der Waals surface area contributed by atoms with Crippen molar-refractivity contribution in [3.05, 3.63) is 58.6 Å². The Labute approximate surface area is 174 Å². The highest BCUT2D eigenvalue weighted by molar-refractivity contribution is 6.31. The first-order valence-corrected chi connectivity index (χ1v) is 10.2. The van der Waals surface area contributed by atoms with Crippen LogP contribution in [0.2, 0.25) is 5.02 Å². The molecule has 0 saturated carbocycles. The highest BCUT2D eigenvalue weighted by Gasteiger charge is 2.52. The summed E-state index contributed by atoms with van der Waals surface area (Å²) in [4.78, 5) is 13.7. The molecule has 0 bridgehead atoms. The minimum Gasteiger partial charge on any atom is -0.507 e. The lowest BCUT2D eigenvalue weighted by molar-refractivity contribution is -0.158. The van der Waals surface area contributed by atoms with Gasteiger partial charge in [-0.1, -0.05) is 29.8 Å². The van der Waals surface area contributed by atoms with Gasteiger partial charge in [0.25, 0.3) is 0 Å².